The zero-order chi connectivity index (χ0) is 8.65. The van der Waals surface area contributed by atoms with Crippen LogP contribution in [0.15, 0.2) is 0 Å². The average Bonchev–Trinajstić information content (AvgIpc) is 2.08. The minimum atomic E-state index is -2.95. The highest BCUT2D eigenvalue weighted by Crippen LogP contribution is 2.14. The van der Waals surface area contributed by atoms with Crippen LogP contribution in [0.4, 0.5) is 0 Å². The molecule has 0 aromatic carbocycles. The molecule has 1 fully saturated rings. The van der Waals surface area contributed by atoms with Crippen LogP contribution in [0.1, 0.15) is 0 Å². The highest BCUT2D eigenvalue weighted by molar-refractivity contribution is 7.91. The van der Waals surface area contributed by atoms with Crippen molar-refractivity contribution < 1.29 is 8.42 Å². The highest BCUT2D eigenvalue weighted by atomic mass is 32.2. The number of sulfone groups is 1. The van der Waals surface area contributed by atoms with Crippen molar-refractivity contribution in [2.75, 3.05) is 33.4 Å². The summed E-state index contributed by atoms with van der Waals surface area (Å²) in [6.07, 6.45) is 1.27. The zero-order valence-corrected chi connectivity index (χ0v) is 7.93. The molecule has 0 aliphatic carbocycles. The van der Waals surface area contributed by atoms with Gasteiger partial charge in [0.05, 0.1) is 0 Å². The third-order valence-electron chi connectivity index (χ3n) is 1.94. The van der Waals surface area contributed by atoms with Crippen LogP contribution in [0.5, 0.6) is 0 Å². The molecule has 0 atom stereocenters. The lowest BCUT2D eigenvalue weighted by Gasteiger charge is -2.22. The average molecular weight is 178 g/mol. The first-order valence-electron chi connectivity index (χ1n) is 3.52. The van der Waals surface area contributed by atoms with Gasteiger partial charge >= 0.3 is 0 Å². The fourth-order valence-electron chi connectivity index (χ4n) is 1.53. The predicted octanol–water partition coefficient (Wildman–Crippen LogP) is -0.808. The Morgan fingerprint density at radius 3 is 1.73 bits per heavy atom. The molecule has 0 saturated carbocycles. The lowest BCUT2D eigenvalue weighted by atomic mass is 10.6. The van der Waals surface area contributed by atoms with E-state index in [4.69, 9.17) is 0 Å². The minimum Gasteiger partial charge on any atom is -0.277 e. The van der Waals surface area contributed by atoms with Gasteiger partial charge in [-0.2, -0.15) is 0 Å². The van der Waals surface area contributed by atoms with Crippen LogP contribution in [0.25, 0.3) is 0 Å². The van der Waals surface area contributed by atoms with Crippen LogP contribution in [-0.4, -0.2) is 57.2 Å². The lowest BCUT2D eigenvalue weighted by molar-refractivity contribution is 0.265. The van der Waals surface area contributed by atoms with E-state index >= 15 is 0 Å². The van der Waals surface area contributed by atoms with E-state index in [1.807, 2.05) is 23.9 Å². The Labute approximate surface area is 67.7 Å². The highest BCUT2D eigenvalue weighted by Gasteiger charge is 2.34. The Morgan fingerprint density at radius 1 is 1.18 bits per heavy atom. The van der Waals surface area contributed by atoms with Crippen LogP contribution in [0.2, 0.25) is 0 Å². The molecule has 1 saturated heterocycles. The summed E-state index contributed by atoms with van der Waals surface area (Å²) in [6.45, 7) is 1.66. The summed E-state index contributed by atoms with van der Waals surface area (Å²) >= 11 is 0. The van der Waals surface area contributed by atoms with E-state index < -0.39 is 15.3 Å². The summed E-state index contributed by atoms with van der Waals surface area (Å²) in [7, 11) is 0.708. The van der Waals surface area contributed by atoms with E-state index in [-0.39, 0.29) is 0 Å². The van der Waals surface area contributed by atoms with Gasteiger partial charge in [0.25, 0.3) is 0 Å². The Hall–Kier alpha value is -0.130. The molecule has 0 aromatic heterocycles. The quantitative estimate of drug-likeness (QED) is 0.526. The van der Waals surface area contributed by atoms with E-state index in [9.17, 15) is 8.42 Å². The molecule has 4 nitrogen and oxygen atoms in total. The molecule has 0 N–H and O–H groups in total. The Kier molecular flexibility index (Phi) is 2.22. The molecule has 11 heavy (non-hydrogen) atoms. The van der Waals surface area contributed by atoms with Crippen LogP contribution in [0.3, 0.4) is 0 Å². The first-order valence-corrected chi connectivity index (χ1v) is 5.48. The van der Waals surface area contributed by atoms with Crippen molar-refractivity contribution in [3.63, 3.8) is 0 Å². The molecule has 0 spiro atoms. The topological polar surface area (TPSA) is 40.6 Å². The Balaban J connectivity index is 2.86. The predicted molar refractivity (Wildman–Crippen MR) is 43.9 cm³/mol. The molecular formula is C6H14N2O2S. The standard InChI is InChI=1S/C6H14N2O2S/c1-7-4-5-8(2)6(7)11(3,9)10/h6H,4-5H2,1-3H3. The molecule has 0 radical (unpaired) electrons. The van der Waals surface area contributed by atoms with Gasteiger partial charge in [-0.05, 0) is 14.1 Å². The maximum atomic E-state index is 11.2. The summed E-state index contributed by atoms with van der Waals surface area (Å²) in [6, 6.07) is 0. The molecule has 0 aromatic rings. The smallest absolute Gasteiger partial charge is 0.177 e. The molecule has 1 heterocycles. The Morgan fingerprint density at radius 2 is 1.55 bits per heavy atom. The molecule has 0 amide bonds. The molecular weight excluding hydrogens is 164 g/mol. The third kappa shape index (κ3) is 1.72. The van der Waals surface area contributed by atoms with Gasteiger partial charge in [-0.3, -0.25) is 9.80 Å². The van der Waals surface area contributed by atoms with Crippen molar-refractivity contribution in [2.24, 2.45) is 0 Å². The molecule has 1 rings (SSSR count). The molecule has 5 heteroatoms. The fourth-order valence-corrected chi connectivity index (χ4v) is 3.04. The molecule has 1 aliphatic heterocycles. The van der Waals surface area contributed by atoms with E-state index in [2.05, 4.69) is 0 Å². The largest absolute Gasteiger partial charge is 0.277 e. The van der Waals surface area contributed by atoms with E-state index in [0.717, 1.165) is 13.1 Å². The van der Waals surface area contributed by atoms with Crippen molar-refractivity contribution >= 4 is 9.84 Å². The second-order valence-electron chi connectivity index (χ2n) is 3.12. The van der Waals surface area contributed by atoms with Gasteiger partial charge < -0.3 is 0 Å². The Bertz CT molecular complexity index is 227. The second-order valence-corrected chi connectivity index (χ2v) is 5.20. The SMILES string of the molecule is CN1CCN(C)C1S(C)(=O)=O. The summed E-state index contributed by atoms with van der Waals surface area (Å²) in [5.74, 6) is 0. The number of likely N-dealkylation sites (N-methyl/N-ethyl adjacent to an activating group) is 2. The molecule has 0 unspecified atom stereocenters. The van der Waals surface area contributed by atoms with E-state index in [0.29, 0.717) is 0 Å². The van der Waals surface area contributed by atoms with Gasteiger partial charge in [0.1, 0.15) is 0 Å². The maximum Gasteiger partial charge on any atom is 0.177 e. The van der Waals surface area contributed by atoms with Crippen LogP contribution in [0, 0.1) is 0 Å². The summed E-state index contributed by atoms with van der Waals surface area (Å²) < 4.78 is 22.3. The number of nitrogens with zero attached hydrogens (tertiary/aromatic N) is 2. The lowest BCUT2D eigenvalue weighted by Crippen LogP contribution is -2.40. The van der Waals surface area contributed by atoms with Gasteiger partial charge in [0.15, 0.2) is 15.3 Å². The molecule has 0 bridgehead atoms. The van der Waals surface area contributed by atoms with Crippen molar-refractivity contribution in [3.05, 3.63) is 0 Å². The molecule has 1 aliphatic rings. The monoisotopic (exact) mass is 178 g/mol. The first kappa shape index (κ1) is 8.96. The number of hydrogen-bond acceptors (Lipinski definition) is 4. The van der Waals surface area contributed by atoms with Crippen LogP contribution < -0.4 is 0 Å². The van der Waals surface area contributed by atoms with Gasteiger partial charge in [-0.1, -0.05) is 0 Å². The molecule has 66 valence electrons. The van der Waals surface area contributed by atoms with Gasteiger partial charge in [-0.15, -0.1) is 0 Å². The van der Waals surface area contributed by atoms with Crippen molar-refractivity contribution in [1.82, 2.24) is 9.80 Å². The van der Waals surface area contributed by atoms with E-state index in [1.165, 1.54) is 6.26 Å². The first-order chi connectivity index (χ1) is 4.93. The summed E-state index contributed by atoms with van der Waals surface area (Å²) in [5, 5.41) is 0. The van der Waals surface area contributed by atoms with Crippen LogP contribution in [-0.2, 0) is 9.84 Å². The third-order valence-corrected chi connectivity index (χ3v) is 3.43. The number of hydrogen-bond donors (Lipinski definition) is 0. The van der Waals surface area contributed by atoms with Gasteiger partial charge in [0.2, 0.25) is 0 Å². The minimum absolute atomic E-state index is 0.414. The van der Waals surface area contributed by atoms with Crippen LogP contribution >= 0.6 is 0 Å². The maximum absolute atomic E-state index is 11.2. The van der Waals surface area contributed by atoms with Gasteiger partial charge in [0, 0.05) is 19.3 Å². The van der Waals surface area contributed by atoms with Crippen molar-refractivity contribution in [3.8, 4) is 0 Å². The van der Waals surface area contributed by atoms with E-state index in [1.54, 1.807) is 0 Å². The summed E-state index contributed by atoms with van der Waals surface area (Å²) in [4.78, 5) is 3.69. The normalized spacial score (nSPS) is 24.6. The fraction of sp³-hybridized carbons (Fsp3) is 1.00. The van der Waals surface area contributed by atoms with Crippen molar-refractivity contribution in [1.29, 1.82) is 0 Å². The van der Waals surface area contributed by atoms with Gasteiger partial charge in [-0.25, -0.2) is 8.42 Å². The second kappa shape index (κ2) is 2.73. The zero-order valence-electron chi connectivity index (χ0n) is 7.11. The summed E-state index contributed by atoms with van der Waals surface area (Å²) in [5.41, 5.74) is -0.414. The van der Waals surface area contributed by atoms with Crippen molar-refractivity contribution in [2.45, 2.75) is 5.50 Å². The number of rotatable bonds is 1.